The van der Waals surface area contributed by atoms with Gasteiger partial charge in [0, 0.05) is 11.4 Å². The second-order valence-electron chi connectivity index (χ2n) is 1.82. The molecule has 0 amide bonds. The third-order valence-corrected chi connectivity index (χ3v) is 1.22. The number of hydrogen-bond donors (Lipinski definition) is 2. The molecule has 0 spiro atoms. The van der Waals surface area contributed by atoms with Crippen LogP contribution in [-0.2, 0) is 0 Å². The number of hydrogen-bond acceptors (Lipinski definition) is 4. The molecule has 0 bridgehead atoms. The second kappa shape index (κ2) is 2.84. The summed E-state index contributed by atoms with van der Waals surface area (Å²) in [5, 5.41) is 33.9. The van der Waals surface area contributed by atoms with Crippen LogP contribution < -0.4 is 0 Å². The van der Waals surface area contributed by atoms with Gasteiger partial charge in [-0.15, -0.1) is 0 Å². The summed E-state index contributed by atoms with van der Waals surface area (Å²) in [5.74, 6) is -1.02. The maximum absolute atomic E-state index is 8.86. The number of aliphatic imine (C=N–C) groups is 2. The molecule has 0 aromatic rings. The van der Waals surface area contributed by atoms with Gasteiger partial charge in [-0.25, -0.2) is 0 Å². The first kappa shape index (κ1) is 7.94. The maximum Gasteiger partial charge on any atom is 0.161 e. The summed E-state index contributed by atoms with van der Waals surface area (Å²) in [6.07, 6.45) is 0. The molecule has 0 aromatic heterocycles. The summed E-state index contributed by atoms with van der Waals surface area (Å²) in [6.45, 7) is 0. The lowest BCUT2D eigenvalue weighted by Crippen LogP contribution is -2.08. The fourth-order valence-corrected chi connectivity index (χ4v) is 0.698. The van der Waals surface area contributed by atoms with Gasteiger partial charge in [0.15, 0.2) is 11.5 Å². The monoisotopic (exact) mass is 162 g/mol. The van der Waals surface area contributed by atoms with E-state index in [1.54, 1.807) is 0 Å². The van der Waals surface area contributed by atoms with E-state index in [2.05, 4.69) is 9.98 Å². The van der Waals surface area contributed by atoms with Crippen molar-refractivity contribution < 1.29 is 10.2 Å². The molecule has 6 heteroatoms. The van der Waals surface area contributed by atoms with Crippen molar-refractivity contribution in [3.63, 3.8) is 0 Å². The normalized spacial score (nSPS) is 14.7. The molecule has 1 rings (SSSR count). The minimum Gasteiger partial charge on any atom is -0.504 e. The van der Waals surface area contributed by atoms with Crippen molar-refractivity contribution in [3.8, 4) is 0 Å². The van der Waals surface area contributed by atoms with E-state index in [0.29, 0.717) is 0 Å². The van der Waals surface area contributed by atoms with E-state index in [-0.39, 0.29) is 11.4 Å². The Labute approximate surface area is 66.9 Å². The SMILES string of the molecule is [N-]=C=NC1=C(N=C=[N-])C(O)=C1O. The summed E-state index contributed by atoms with van der Waals surface area (Å²) in [4.78, 5) is 6.27. The van der Waals surface area contributed by atoms with E-state index in [9.17, 15) is 0 Å². The van der Waals surface area contributed by atoms with Crippen molar-refractivity contribution in [1.82, 2.24) is 0 Å². The van der Waals surface area contributed by atoms with Gasteiger partial charge in [-0.2, -0.15) is 12.0 Å². The van der Waals surface area contributed by atoms with Crippen LogP contribution in [0.25, 0.3) is 10.8 Å². The van der Waals surface area contributed by atoms with E-state index in [4.69, 9.17) is 21.0 Å². The quantitative estimate of drug-likeness (QED) is 0.591. The molecule has 0 unspecified atom stereocenters. The topological polar surface area (TPSA) is 110 Å². The lowest BCUT2D eigenvalue weighted by atomic mass is 10.1. The maximum atomic E-state index is 8.86. The summed E-state index contributed by atoms with van der Waals surface area (Å²) >= 11 is 0. The van der Waals surface area contributed by atoms with Gasteiger partial charge in [-0.1, -0.05) is 0 Å². The summed E-state index contributed by atoms with van der Waals surface area (Å²) in [5.41, 5.74) is -0.312. The molecule has 1 aliphatic carbocycles. The second-order valence-corrected chi connectivity index (χ2v) is 1.82. The number of aliphatic hydroxyl groups is 2. The number of nitrogens with zero attached hydrogens (tertiary/aromatic N) is 4. The number of rotatable bonds is 2. The zero-order valence-electron chi connectivity index (χ0n) is 5.68. The molecule has 0 fully saturated rings. The van der Waals surface area contributed by atoms with Crippen molar-refractivity contribution in [2.45, 2.75) is 0 Å². The molecule has 0 atom stereocenters. The predicted molar refractivity (Wildman–Crippen MR) is 40.9 cm³/mol. The minimum absolute atomic E-state index is 0.156. The molecule has 60 valence electrons. The standard InChI is InChI=1S/C6H2N4O2/c7-1-9-3-4(10-2-8)6(12)5(3)11/h11-12H/q-2. The van der Waals surface area contributed by atoms with Crippen molar-refractivity contribution in [1.29, 1.82) is 0 Å². The fraction of sp³-hybridized carbons (Fsp3) is 0. The Morgan fingerprint density at radius 1 is 0.917 bits per heavy atom. The zero-order valence-corrected chi connectivity index (χ0v) is 5.68. The summed E-state index contributed by atoms with van der Waals surface area (Å²) < 4.78 is 0. The van der Waals surface area contributed by atoms with Crippen LogP contribution in [0.4, 0.5) is 0 Å². The fourth-order valence-electron chi connectivity index (χ4n) is 0.698. The smallest absolute Gasteiger partial charge is 0.161 e. The molecular formula is C6H2N4O2-2. The Balaban J connectivity index is 3.10. The average molecular weight is 162 g/mol. The lowest BCUT2D eigenvalue weighted by Gasteiger charge is -2.23. The van der Waals surface area contributed by atoms with Gasteiger partial charge in [0.1, 0.15) is 0 Å². The van der Waals surface area contributed by atoms with Crippen LogP contribution in [0.5, 0.6) is 0 Å². The Morgan fingerprint density at radius 2 is 1.25 bits per heavy atom. The first-order valence-electron chi connectivity index (χ1n) is 2.79. The first-order chi connectivity index (χ1) is 5.72. The van der Waals surface area contributed by atoms with Crippen molar-refractivity contribution in [2.24, 2.45) is 9.98 Å². The largest absolute Gasteiger partial charge is 0.504 e. The first-order valence-corrected chi connectivity index (χ1v) is 2.79. The Kier molecular flexibility index (Phi) is 1.88. The van der Waals surface area contributed by atoms with Gasteiger partial charge in [-0.3, -0.25) is 0 Å². The molecule has 0 saturated carbocycles. The average Bonchev–Trinajstić information content (AvgIpc) is 2.10. The van der Waals surface area contributed by atoms with E-state index in [1.165, 1.54) is 12.0 Å². The highest BCUT2D eigenvalue weighted by molar-refractivity contribution is 5.61. The van der Waals surface area contributed by atoms with Gasteiger partial charge in [0.2, 0.25) is 0 Å². The van der Waals surface area contributed by atoms with Crippen LogP contribution in [0.2, 0.25) is 0 Å². The highest BCUT2D eigenvalue weighted by Gasteiger charge is 2.20. The van der Waals surface area contributed by atoms with Crippen molar-refractivity contribution in [2.75, 3.05) is 0 Å². The van der Waals surface area contributed by atoms with Crippen LogP contribution in [0.1, 0.15) is 0 Å². The molecule has 1 aliphatic rings. The molecule has 2 N–H and O–H groups in total. The Bertz CT molecular complexity index is 344. The summed E-state index contributed by atoms with van der Waals surface area (Å²) in [6, 6.07) is 2.80. The van der Waals surface area contributed by atoms with Crippen LogP contribution in [-0.4, -0.2) is 22.2 Å². The molecule has 0 aliphatic heterocycles. The van der Waals surface area contributed by atoms with Crippen LogP contribution in [0.15, 0.2) is 32.9 Å². The van der Waals surface area contributed by atoms with E-state index in [1.807, 2.05) is 0 Å². The molecule has 0 aromatic carbocycles. The van der Waals surface area contributed by atoms with E-state index in [0.717, 1.165) is 0 Å². The predicted octanol–water partition coefficient (Wildman–Crippen LogP) is 1.03. The zero-order chi connectivity index (χ0) is 9.14. The van der Waals surface area contributed by atoms with Gasteiger partial charge in [-0.05, 0) is 0 Å². The Morgan fingerprint density at radius 3 is 1.50 bits per heavy atom. The molecular weight excluding hydrogens is 160 g/mol. The molecule has 0 saturated heterocycles. The van der Waals surface area contributed by atoms with Gasteiger partial charge in [0.05, 0.1) is 0 Å². The number of aliphatic hydroxyl groups excluding tert-OH is 2. The molecule has 0 heterocycles. The molecule has 12 heavy (non-hydrogen) atoms. The van der Waals surface area contributed by atoms with Crippen LogP contribution in [0, 0.1) is 0 Å². The molecule has 0 radical (unpaired) electrons. The third kappa shape index (κ3) is 0.932. The van der Waals surface area contributed by atoms with E-state index >= 15 is 0 Å². The molecule has 6 nitrogen and oxygen atoms in total. The van der Waals surface area contributed by atoms with Gasteiger partial charge in [0.25, 0.3) is 0 Å². The summed E-state index contributed by atoms with van der Waals surface area (Å²) in [7, 11) is 0. The highest BCUT2D eigenvalue weighted by Crippen LogP contribution is 2.32. The third-order valence-electron chi connectivity index (χ3n) is 1.22. The Hall–Kier alpha value is -2.16. The van der Waals surface area contributed by atoms with Gasteiger partial charge >= 0.3 is 0 Å². The van der Waals surface area contributed by atoms with E-state index < -0.39 is 11.5 Å². The minimum atomic E-state index is -0.509. The van der Waals surface area contributed by atoms with Crippen molar-refractivity contribution >= 4 is 12.0 Å². The highest BCUT2D eigenvalue weighted by atomic mass is 16.3. The van der Waals surface area contributed by atoms with Gasteiger partial charge < -0.3 is 31.0 Å². The van der Waals surface area contributed by atoms with Crippen molar-refractivity contribution in [3.05, 3.63) is 33.7 Å². The van der Waals surface area contributed by atoms with Crippen LogP contribution >= 0.6 is 0 Å². The lowest BCUT2D eigenvalue weighted by molar-refractivity contribution is 0.320. The van der Waals surface area contributed by atoms with Crippen LogP contribution in [0.3, 0.4) is 0 Å².